The maximum Gasteiger partial charge on any atom is 0.435 e. The van der Waals surface area contributed by atoms with Crippen LogP contribution < -0.4 is 5.32 Å². The van der Waals surface area contributed by atoms with Crippen molar-refractivity contribution in [2.24, 2.45) is 5.92 Å². The van der Waals surface area contributed by atoms with Gasteiger partial charge in [-0.25, -0.2) is 4.98 Å². The minimum Gasteiger partial charge on any atom is -0.324 e. The lowest BCUT2D eigenvalue weighted by Gasteiger charge is -2.15. The van der Waals surface area contributed by atoms with Gasteiger partial charge in [0.1, 0.15) is 0 Å². The second-order valence-corrected chi connectivity index (χ2v) is 5.49. The molecule has 0 aliphatic heterocycles. The van der Waals surface area contributed by atoms with Gasteiger partial charge in [0.25, 0.3) is 0 Å². The van der Waals surface area contributed by atoms with E-state index in [1.807, 2.05) is 0 Å². The standard InChI is InChI=1S/C16H16F3N3O/c1-9(2)15(23)22-13-5-4-12(21-14(13)16(17,18)19)11-6-10(3)7-20-8-11/h4-9H,1-3H3,(H,22,23). The second kappa shape index (κ2) is 6.36. The minimum atomic E-state index is -4.67. The Labute approximate surface area is 131 Å². The van der Waals surface area contributed by atoms with E-state index in [0.29, 0.717) is 5.56 Å². The number of aryl methyl sites for hydroxylation is 1. The summed E-state index contributed by atoms with van der Waals surface area (Å²) in [6.45, 7) is 4.99. The highest BCUT2D eigenvalue weighted by molar-refractivity contribution is 5.92. The number of alkyl halides is 3. The van der Waals surface area contributed by atoms with Crippen LogP contribution in [-0.2, 0) is 11.0 Å². The molecule has 0 radical (unpaired) electrons. The number of pyridine rings is 2. The average molecular weight is 323 g/mol. The summed E-state index contributed by atoms with van der Waals surface area (Å²) >= 11 is 0. The van der Waals surface area contributed by atoms with Gasteiger partial charge in [-0.05, 0) is 30.7 Å². The number of hydrogen-bond acceptors (Lipinski definition) is 3. The van der Waals surface area contributed by atoms with Crippen molar-refractivity contribution in [2.75, 3.05) is 5.32 Å². The lowest BCUT2D eigenvalue weighted by atomic mass is 10.1. The molecule has 2 aromatic rings. The predicted octanol–water partition coefficient (Wildman–Crippen LogP) is 4.07. The molecule has 0 atom stereocenters. The fraction of sp³-hybridized carbons (Fsp3) is 0.312. The van der Waals surface area contributed by atoms with Gasteiger partial charge in [0, 0.05) is 23.9 Å². The molecular weight excluding hydrogens is 307 g/mol. The highest BCUT2D eigenvalue weighted by Gasteiger charge is 2.36. The monoisotopic (exact) mass is 323 g/mol. The molecule has 122 valence electrons. The summed E-state index contributed by atoms with van der Waals surface area (Å²) in [6.07, 6.45) is -1.62. The van der Waals surface area contributed by atoms with E-state index in [-0.39, 0.29) is 11.4 Å². The number of hydrogen-bond donors (Lipinski definition) is 1. The van der Waals surface area contributed by atoms with Crippen LogP contribution in [0.25, 0.3) is 11.3 Å². The van der Waals surface area contributed by atoms with Gasteiger partial charge in [-0.1, -0.05) is 13.8 Å². The van der Waals surface area contributed by atoms with Crippen LogP contribution in [0.1, 0.15) is 25.1 Å². The molecule has 1 N–H and O–H groups in total. The third-order valence-corrected chi connectivity index (χ3v) is 3.12. The summed E-state index contributed by atoms with van der Waals surface area (Å²) in [6, 6.07) is 4.34. The van der Waals surface area contributed by atoms with Crippen molar-refractivity contribution >= 4 is 11.6 Å². The van der Waals surface area contributed by atoms with Crippen LogP contribution >= 0.6 is 0 Å². The smallest absolute Gasteiger partial charge is 0.324 e. The van der Waals surface area contributed by atoms with Gasteiger partial charge in [0.05, 0.1) is 11.4 Å². The molecule has 7 heteroatoms. The largest absolute Gasteiger partial charge is 0.435 e. The zero-order valence-electron chi connectivity index (χ0n) is 12.9. The van der Waals surface area contributed by atoms with Gasteiger partial charge in [-0.3, -0.25) is 9.78 Å². The SMILES string of the molecule is Cc1cncc(-c2ccc(NC(=O)C(C)C)c(C(F)(F)F)n2)c1. The lowest BCUT2D eigenvalue weighted by molar-refractivity contribution is -0.140. The van der Waals surface area contributed by atoms with Crippen molar-refractivity contribution in [1.82, 2.24) is 9.97 Å². The summed E-state index contributed by atoms with van der Waals surface area (Å²) in [5.41, 5.74) is -0.0191. The Morgan fingerprint density at radius 2 is 1.91 bits per heavy atom. The van der Waals surface area contributed by atoms with Gasteiger partial charge in [0.2, 0.25) is 5.91 Å². The van der Waals surface area contributed by atoms with E-state index in [1.165, 1.54) is 18.3 Å². The summed E-state index contributed by atoms with van der Waals surface area (Å²) in [5, 5.41) is 2.27. The number of rotatable bonds is 3. The van der Waals surface area contributed by atoms with Crippen molar-refractivity contribution in [2.45, 2.75) is 26.9 Å². The predicted molar refractivity (Wildman–Crippen MR) is 80.7 cm³/mol. The number of amides is 1. The van der Waals surface area contributed by atoms with Crippen molar-refractivity contribution in [1.29, 1.82) is 0 Å². The van der Waals surface area contributed by atoms with E-state index in [4.69, 9.17) is 0 Å². The molecule has 1 amide bonds. The van der Waals surface area contributed by atoms with Gasteiger partial charge < -0.3 is 5.32 Å². The van der Waals surface area contributed by atoms with Crippen LogP contribution in [0.5, 0.6) is 0 Å². The van der Waals surface area contributed by atoms with Crippen LogP contribution in [0.15, 0.2) is 30.6 Å². The normalized spacial score (nSPS) is 11.6. The Morgan fingerprint density at radius 1 is 1.22 bits per heavy atom. The Morgan fingerprint density at radius 3 is 2.48 bits per heavy atom. The molecule has 2 aromatic heterocycles. The number of anilines is 1. The highest BCUT2D eigenvalue weighted by Crippen LogP contribution is 2.35. The maximum atomic E-state index is 13.2. The number of nitrogens with zero attached hydrogens (tertiary/aromatic N) is 2. The van der Waals surface area contributed by atoms with Crippen LogP contribution in [0, 0.1) is 12.8 Å². The number of halogens is 3. The van der Waals surface area contributed by atoms with E-state index in [0.717, 1.165) is 5.56 Å². The fourth-order valence-electron chi connectivity index (χ4n) is 1.91. The molecule has 2 heterocycles. The zero-order valence-corrected chi connectivity index (χ0v) is 12.9. The lowest BCUT2D eigenvalue weighted by Crippen LogP contribution is -2.21. The summed E-state index contributed by atoms with van der Waals surface area (Å²) in [5.74, 6) is -0.931. The third kappa shape index (κ3) is 4.06. The molecule has 0 aliphatic rings. The van der Waals surface area contributed by atoms with Gasteiger partial charge in [-0.15, -0.1) is 0 Å². The molecule has 0 fully saturated rings. The van der Waals surface area contributed by atoms with Gasteiger partial charge in [-0.2, -0.15) is 13.2 Å². The highest BCUT2D eigenvalue weighted by atomic mass is 19.4. The van der Waals surface area contributed by atoms with Crippen molar-refractivity contribution < 1.29 is 18.0 Å². The van der Waals surface area contributed by atoms with Crippen molar-refractivity contribution in [3.8, 4) is 11.3 Å². The molecule has 0 aromatic carbocycles. The number of carbonyl (C=O) groups excluding carboxylic acids is 1. The number of nitrogens with one attached hydrogen (secondary N) is 1. The first kappa shape index (κ1) is 16.9. The van der Waals surface area contributed by atoms with Crippen LogP contribution in [0.2, 0.25) is 0 Å². The molecule has 0 bridgehead atoms. The summed E-state index contributed by atoms with van der Waals surface area (Å²) < 4.78 is 39.7. The first-order chi connectivity index (χ1) is 10.7. The van der Waals surface area contributed by atoms with E-state index in [1.54, 1.807) is 33.0 Å². The van der Waals surface area contributed by atoms with E-state index >= 15 is 0 Å². The topological polar surface area (TPSA) is 54.9 Å². The molecular formula is C16H16F3N3O. The Hall–Kier alpha value is -2.44. The number of carbonyl (C=O) groups is 1. The quantitative estimate of drug-likeness (QED) is 0.926. The molecule has 0 saturated carbocycles. The molecule has 0 saturated heterocycles. The van der Waals surface area contributed by atoms with Crippen molar-refractivity contribution in [3.63, 3.8) is 0 Å². The molecule has 0 spiro atoms. The fourth-order valence-corrected chi connectivity index (χ4v) is 1.91. The summed E-state index contributed by atoms with van der Waals surface area (Å²) in [4.78, 5) is 19.3. The average Bonchev–Trinajstić information content (AvgIpc) is 2.46. The minimum absolute atomic E-state index is 0.149. The Kier molecular flexibility index (Phi) is 4.68. The van der Waals surface area contributed by atoms with E-state index in [2.05, 4.69) is 15.3 Å². The van der Waals surface area contributed by atoms with Crippen LogP contribution in [0.3, 0.4) is 0 Å². The Balaban J connectivity index is 2.48. The third-order valence-electron chi connectivity index (χ3n) is 3.12. The van der Waals surface area contributed by atoms with Gasteiger partial charge in [0.15, 0.2) is 5.69 Å². The molecule has 2 rings (SSSR count). The molecule has 4 nitrogen and oxygen atoms in total. The van der Waals surface area contributed by atoms with E-state index in [9.17, 15) is 18.0 Å². The van der Waals surface area contributed by atoms with Crippen LogP contribution in [0.4, 0.5) is 18.9 Å². The van der Waals surface area contributed by atoms with Gasteiger partial charge >= 0.3 is 6.18 Å². The second-order valence-electron chi connectivity index (χ2n) is 5.49. The Bertz CT molecular complexity index is 727. The van der Waals surface area contributed by atoms with Crippen molar-refractivity contribution in [3.05, 3.63) is 41.9 Å². The molecule has 0 unspecified atom stereocenters. The molecule has 23 heavy (non-hydrogen) atoms. The van der Waals surface area contributed by atoms with Crippen LogP contribution in [-0.4, -0.2) is 15.9 Å². The first-order valence-corrected chi connectivity index (χ1v) is 6.99. The van der Waals surface area contributed by atoms with E-state index < -0.39 is 23.7 Å². The maximum absolute atomic E-state index is 13.2. The first-order valence-electron chi connectivity index (χ1n) is 6.99. The number of aromatic nitrogens is 2. The summed E-state index contributed by atoms with van der Waals surface area (Å²) in [7, 11) is 0. The molecule has 0 aliphatic carbocycles. The zero-order chi connectivity index (χ0) is 17.2.